The van der Waals surface area contributed by atoms with Gasteiger partial charge in [-0.15, -0.1) is 0 Å². The highest BCUT2D eigenvalue weighted by atomic mass is 16.8. The third-order valence-corrected chi connectivity index (χ3v) is 27.5. The van der Waals surface area contributed by atoms with Crippen LogP contribution in [-0.2, 0) is 90.2 Å². The molecule has 0 aromatic carbocycles. The lowest BCUT2D eigenvalue weighted by Gasteiger charge is -2.52. The normalized spacial score (nSPS) is 38.9. The van der Waals surface area contributed by atoms with Gasteiger partial charge in [0.15, 0.2) is 50.3 Å². The predicted molar refractivity (Wildman–Crippen MR) is 493 cm³/mol. The average Bonchev–Trinajstić information content (AvgIpc) is 0.754. The molecule has 816 valence electrons. The molecule has 44 nitrogen and oxygen atoms in total. The van der Waals surface area contributed by atoms with E-state index in [1.54, 1.807) is 6.08 Å². The zero-order valence-electron chi connectivity index (χ0n) is 82.1. The maximum Gasteiger partial charge on any atom is 0.220 e. The molecule has 0 saturated carbocycles. The summed E-state index contributed by atoms with van der Waals surface area (Å²) in [4.78, 5) is 40.9. The number of carbonyl (C=O) groups is 3. The molecular weight excluding hydrogens is 1850 g/mol. The van der Waals surface area contributed by atoms with Crippen LogP contribution in [-0.4, -0.2) is 434 Å². The van der Waals surface area contributed by atoms with Crippen molar-refractivity contribution < 1.29 is 203 Å². The number of hydrogen-bond donors (Lipinski definition) is 25. The van der Waals surface area contributed by atoms with Crippen molar-refractivity contribution in [1.82, 2.24) is 16.0 Å². The van der Waals surface area contributed by atoms with Crippen LogP contribution in [0.3, 0.4) is 0 Å². The fraction of sp³-hybridized carbons (Fsp3) is 0.927. The summed E-state index contributed by atoms with van der Waals surface area (Å²) >= 11 is 0. The van der Waals surface area contributed by atoms with Gasteiger partial charge in [0.25, 0.3) is 0 Å². The van der Waals surface area contributed by atoms with Crippen LogP contribution >= 0.6 is 0 Å². The van der Waals surface area contributed by atoms with Gasteiger partial charge in [-0.2, -0.15) is 0 Å². The Morgan fingerprint density at radius 2 is 0.579 bits per heavy atom. The Morgan fingerprint density at radius 3 is 0.950 bits per heavy atom. The van der Waals surface area contributed by atoms with Gasteiger partial charge >= 0.3 is 0 Å². The molecule has 0 bridgehead atoms. The molecule has 44 heteroatoms. The summed E-state index contributed by atoms with van der Waals surface area (Å²) in [6.45, 7) is 1.81. The molecule has 8 saturated heterocycles. The summed E-state index contributed by atoms with van der Waals surface area (Å²) in [6, 6.07) is -5.08. The molecular formula is C96H171N3O41. The second-order valence-electron chi connectivity index (χ2n) is 38.7. The van der Waals surface area contributed by atoms with E-state index in [0.29, 0.717) is 12.8 Å². The average molecular weight is 2020 g/mol. The standard InChI is InChI=1S/C96H171N3O41/c1-7-9-11-13-15-17-19-21-22-23-24-25-26-27-28-29-30-32-34-36-38-40-42-44-64(109)99-56(57(108)43-41-39-37-35-33-31-20-18-16-14-12-10-8-2)51-125-91-79(122)75(118)82(61(48-103)133-91)134-95-80(123)87(70(113)59(46-101)129-95)139-90-66(98-55(6)107)86(138-93-77(120)73(116)68(111)53(4)127-93)84(63(50-105)132-90)136-96-81(124)88(71(114)60(47-102)130-96)140-89-65(97-54(5)106)85(137-92-76(119)72(115)67(110)52(3)126-92)83(62(49-104)131-89)135-94-78(121)74(117)69(112)58(45-100)128-94/h21-22,41,43,52-53,56-63,65-96,100-105,108,110-124H,7-20,23-40,42,44-51H2,1-6H3,(H,97,106)(H,98,107)(H,99,109)/b22-21-,43-41+/t52?,53?,56-,57+,58?,59?,60?,61?,62?,63?,65?,66?,67+,68+,69-,70-,71-,72?,73?,74-,75+,76-,77-,78?,79?,80?,81?,82+,83+,84+,85+,86+,87-,88-,89-,90-,91+,92+,93+,94-,95-,96-/m0/s1. The first-order valence-electron chi connectivity index (χ1n) is 51.4. The van der Waals surface area contributed by atoms with E-state index in [4.69, 9.17) is 75.8 Å². The van der Waals surface area contributed by atoms with Crippen molar-refractivity contribution >= 4 is 17.7 Å². The molecule has 8 rings (SSSR count). The van der Waals surface area contributed by atoms with Gasteiger partial charge in [-0.1, -0.05) is 205 Å². The second kappa shape index (κ2) is 64.0. The molecule has 0 aliphatic carbocycles. The number of carbonyl (C=O) groups excluding carboxylic acids is 3. The van der Waals surface area contributed by atoms with Crippen molar-refractivity contribution in [1.29, 1.82) is 0 Å². The van der Waals surface area contributed by atoms with Crippen LogP contribution in [0.2, 0.25) is 0 Å². The molecule has 3 amide bonds. The Labute approximate surface area is 820 Å². The number of amides is 3. The minimum absolute atomic E-state index is 0.139. The fourth-order valence-electron chi connectivity index (χ4n) is 19.1. The molecule has 0 radical (unpaired) electrons. The summed E-state index contributed by atoms with van der Waals surface area (Å²) < 4.78 is 97.8. The largest absolute Gasteiger partial charge is 0.394 e. The number of allylic oxidation sites excluding steroid dienone is 3. The van der Waals surface area contributed by atoms with E-state index in [9.17, 15) is 127 Å². The monoisotopic (exact) mass is 2020 g/mol. The van der Waals surface area contributed by atoms with Crippen LogP contribution < -0.4 is 16.0 Å². The van der Waals surface area contributed by atoms with Gasteiger partial charge in [0.1, 0.15) is 183 Å². The Bertz CT molecular complexity index is 3430. The van der Waals surface area contributed by atoms with Gasteiger partial charge in [0.05, 0.1) is 70.6 Å². The smallest absolute Gasteiger partial charge is 0.220 e. The number of aliphatic hydroxyl groups is 22. The molecule has 0 aromatic rings. The molecule has 8 aliphatic heterocycles. The highest BCUT2D eigenvalue weighted by Crippen LogP contribution is 2.41. The molecule has 42 atom stereocenters. The van der Waals surface area contributed by atoms with E-state index in [0.717, 1.165) is 78.1 Å². The number of nitrogens with one attached hydrogen (secondary N) is 3. The number of aliphatic hydroxyl groups excluding tert-OH is 22. The summed E-state index contributed by atoms with van der Waals surface area (Å²) in [5.41, 5.74) is 0. The first kappa shape index (κ1) is 122. The SMILES string of the molecule is CCCCCCCC/C=C\CCCCCCCCCCCCCCCC(=O)N[C@@H](CO[C@@H]1OC(CO)[C@@H](O[C@@H]2OC(CO)[C@H](O)[C@H](O[C@@H]3OC(CO)[C@@H](O[C@@H]4OC(CO)[C@H](O)[C@H](O[C@@H]5OC(CO)[C@@H](O[C@@H]6OC(CO)[C@H](O)[C@H](O)C6O)[C@H](O[C@H]6OC(C)[C@@H](O)C(O)[C@@H]6O)C5NC(C)=O)C4O)[C@H](O[C@H]4OC(C)[C@@H](O)C(O)[C@@H]4O)C3NC(C)=O)C2O)[C@H](O)C1O)[C@H](O)/C=C/CCCCCCCCCCCCC. The van der Waals surface area contributed by atoms with Gasteiger partial charge in [0, 0.05) is 20.3 Å². The number of hydrogen-bond acceptors (Lipinski definition) is 41. The third kappa shape index (κ3) is 36.1. The van der Waals surface area contributed by atoms with Gasteiger partial charge in [0.2, 0.25) is 17.7 Å². The highest BCUT2D eigenvalue weighted by molar-refractivity contribution is 5.76. The minimum atomic E-state index is -2.46. The van der Waals surface area contributed by atoms with E-state index in [1.807, 2.05) is 6.08 Å². The van der Waals surface area contributed by atoms with Crippen LogP contribution in [0.25, 0.3) is 0 Å². The Balaban J connectivity index is 0.960. The van der Waals surface area contributed by atoms with Gasteiger partial charge in [-0.3, -0.25) is 14.4 Å². The van der Waals surface area contributed by atoms with E-state index >= 15 is 0 Å². The number of unbranched alkanes of at least 4 members (excludes halogenated alkanes) is 30. The molecule has 8 heterocycles. The van der Waals surface area contributed by atoms with Gasteiger partial charge < -0.3 is 204 Å². The molecule has 8 aliphatic rings. The van der Waals surface area contributed by atoms with Crippen molar-refractivity contribution in [3.8, 4) is 0 Å². The molecule has 16 unspecified atom stereocenters. The third-order valence-electron chi connectivity index (χ3n) is 27.5. The van der Waals surface area contributed by atoms with Crippen LogP contribution in [0.1, 0.15) is 260 Å². The molecule has 25 N–H and O–H groups in total. The summed E-state index contributed by atoms with van der Waals surface area (Å²) in [5.74, 6) is -2.29. The van der Waals surface area contributed by atoms with E-state index in [-0.39, 0.29) is 12.3 Å². The Kier molecular flexibility index (Phi) is 55.6. The molecule has 0 spiro atoms. The summed E-state index contributed by atoms with van der Waals surface area (Å²) in [5, 5.41) is 257. The zero-order valence-corrected chi connectivity index (χ0v) is 82.1. The Hall–Kier alpha value is -3.63. The number of ether oxygens (including phenoxy) is 16. The van der Waals surface area contributed by atoms with E-state index in [1.165, 1.54) is 149 Å². The topological polar surface area (TPSA) is 680 Å². The zero-order chi connectivity index (χ0) is 102. The van der Waals surface area contributed by atoms with Crippen molar-refractivity contribution in [3.05, 3.63) is 24.3 Å². The van der Waals surface area contributed by atoms with Crippen molar-refractivity contribution in [3.63, 3.8) is 0 Å². The first-order valence-corrected chi connectivity index (χ1v) is 51.4. The maximum absolute atomic E-state index is 13.7. The molecule has 8 fully saturated rings. The minimum Gasteiger partial charge on any atom is -0.394 e. The van der Waals surface area contributed by atoms with Crippen LogP contribution in [0.15, 0.2) is 24.3 Å². The molecule has 0 aromatic heterocycles. The van der Waals surface area contributed by atoms with Gasteiger partial charge in [-0.25, -0.2) is 0 Å². The van der Waals surface area contributed by atoms with Crippen molar-refractivity contribution in [2.75, 3.05) is 46.2 Å². The van der Waals surface area contributed by atoms with Crippen molar-refractivity contribution in [2.24, 2.45) is 0 Å². The predicted octanol–water partition coefficient (Wildman–Crippen LogP) is -1.82. The van der Waals surface area contributed by atoms with Gasteiger partial charge in [-0.05, 0) is 58.8 Å². The van der Waals surface area contributed by atoms with E-state index < -0.39 is 316 Å². The molecule has 140 heavy (non-hydrogen) atoms. The Morgan fingerprint density at radius 1 is 0.293 bits per heavy atom. The quantitative estimate of drug-likeness (QED) is 0.0235. The number of rotatable bonds is 63. The first-order chi connectivity index (χ1) is 67.2. The van der Waals surface area contributed by atoms with Crippen molar-refractivity contribution in [2.45, 2.75) is 518 Å². The van der Waals surface area contributed by atoms with Crippen LogP contribution in [0, 0.1) is 0 Å². The lowest BCUT2D eigenvalue weighted by Crippen LogP contribution is -2.72. The maximum atomic E-state index is 13.7. The van der Waals surface area contributed by atoms with E-state index in [2.05, 4.69) is 41.9 Å². The second-order valence-corrected chi connectivity index (χ2v) is 38.7. The lowest BCUT2D eigenvalue weighted by atomic mass is 9.93. The van der Waals surface area contributed by atoms with Crippen LogP contribution in [0.4, 0.5) is 0 Å². The summed E-state index contributed by atoms with van der Waals surface area (Å²) in [7, 11) is 0. The van der Waals surface area contributed by atoms with Crippen LogP contribution in [0.5, 0.6) is 0 Å². The highest BCUT2D eigenvalue weighted by Gasteiger charge is 2.62. The lowest BCUT2D eigenvalue weighted by molar-refractivity contribution is -0.400. The fourth-order valence-corrected chi connectivity index (χ4v) is 19.1. The summed E-state index contributed by atoms with van der Waals surface area (Å²) in [6.07, 6.45) is -31.5.